The Balaban J connectivity index is 1.49. The molecule has 1 saturated carbocycles. The number of hydrogen-bond donors (Lipinski definition) is 0. The van der Waals surface area contributed by atoms with Crippen molar-refractivity contribution < 1.29 is 13.2 Å². The number of benzene rings is 1. The van der Waals surface area contributed by atoms with Crippen molar-refractivity contribution in [3.8, 4) is 5.69 Å². The molecule has 2 heterocycles. The lowest BCUT2D eigenvalue weighted by atomic mass is 10.1. The normalized spacial score (nSPS) is 21.5. The summed E-state index contributed by atoms with van der Waals surface area (Å²) < 4.78 is 25.9. The number of aromatic nitrogens is 3. The number of carbonyl (C=O) groups excluding carboxylic acids is 1. The molecule has 1 aliphatic carbocycles. The van der Waals surface area contributed by atoms with Gasteiger partial charge in [0.15, 0.2) is 15.0 Å². The van der Waals surface area contributed by atoms with E-state index in [0.717, 1.165) is 36.9 Å². The Kier molecular flexibility index (Phi) is 5.96. The van der Waals surface area contributed by atoms with E-state index in [1.807, 2.05) is 40.7 Å². The summed E-state index contributed by atoms with van der Waals surface area (Å²) in [5.74, 6) is 0.517. The molecule has 1 saturated heterocycles. The topological polar surface area (TPSA) is 85.2 Å². The predicted octanol–water partition coefficient (Wildman–Crippen LogP) is 2.63. The molecule has 9 heteroatoms. The average molecular weight is 435 g/mol. The molecule has 29 heavy (non-hydrogen) atoms. The van der Waals surface area contributed by atoms with Gasteiger partial charge in [0.05, 0.1) is 22.9 Å². The van der Waals surface area contributed by atoms with Crippen LogP contribution in [0.4, 0.5) is 0 Å². The molecule has 156 valence electrons. The minimum atomic E-state index is -3.04. The highest BCUT2D eigenvalue weighted by atomic mass is 32.2. The maximum absolute atomic E-state index is 13.2. The molecular formula is C20H26N4O3S2. The van der Waals surface area contributed by atoms with Gasteiger partial charge in [-0.25, -0.2) is 8.42 Å². The van der Waals surface area contributed by atoms with Crippen LogP contribution in [0, 0.1) is 6.92 Å². The Morgan fingerprint density at radius 2 is 1.97 bits per heavy atom. The first kappa shape index (κ1) is 20.4. The lowest BCUT2D eigenvalue weighted by Gasteiger charge is -2.34. The largest absolute Gasteiger partial charge is 0.335 e. The number of nitrogens with zero attached hydrogens (tertiary/aromatic N) is 4. The number of sulfone groups is 1. The van der Waals surface area contributed by atoms with Crippen molar-refractivity contribution in [3.05, 3.63) is 36.2 Å². The third kappa shape index (κ3) is 4.50. The second-order valence-corrected chi connectivity index (χ2v) is 11.0. The second-order valence-electron chi connectivity index (χ2n) is 7.85. The quantitative estimate of drug-likeness (QED) is 0.650. The zero-order valence-electron chi connectivity index (χ0n) is 16.5. The zero-order valence-corrected chi connectivity index (χ0v) is 18.2. The van der Waals surface area contributed by atoms with E-state index in [1.54, 1.807) is 6.33 Å². The summed E-state index contributed by atoms with van der Waals surface area (Å²) in [5, 5.41) is 8.88. The van der Waals surface area contributed by atoms with E-state index in [9.17, 15) is 13.2 Å². The van der Waals surface area contributed by atoms with Crippen molar-refractivity contribution in [1.29, 1.82) is 0 Å². The van der Waals surface area contributed by atoms with Crippen LogP contribution in [0.2, 0.25) is 0 Å². The Morgan fingerprint density at radius 1 is 1.21 bits per heavy atom. The Labute approximate surface area is 175 Å². The van der Waals surface area contributed by atoms with Crippen molar-refractivity contribution in [3.63, 3.8) is 0 Å². The molecule has 0 unspecified atom stereocenters. The predicted molar refractivity (Wildman–Crippen MR) is 113 cm³/mol. The van der Waals surface area contributed by atoms with Crippen LogP contribution in [0.15, 0.2) is 35.7 Å². The Morgan fingerprint density at radius 3 is 2.66 bits per heavy atom. The van der Waals surface area contributed by atoms with Crippen LogP contribution in [0.3, 0.4) is 0 Å². The molecule has 0 bridgehead atoms. The summed E-state index contributed by atoms with van der Waals surface area (Å²) in [5.41, 5.74) is 2.09. The highest BCUT2D eigenvalue weighted by Crippen LogP contribution is 2.30. The van der Waals surface area contributed by atoms with E-state index in [2.05, 4.69) is 10.2 Å². The van der Waals surface area contributed by atoms with Crippen molar-refractivity contribution in [1.82, 2.24) is 19.7 Å². The van der Waals surface area contributed by atoms with E-state index in [-0.39, 0.29) is 35.2 Å². The first-order valence-electron chi connectivity index (χ1n) is 10.0. The van der Waals surface area contributed by atoms with Crippen LogP contribution in [0.1, 0.15) is 37.7 Å². The van der Waals surface area contributed by atoms with Gasteiger partial charge < -0.3 is 4.90 Å². The summed E-state index contributed by atoms with van der Waals surface area (Å²) in [7, 11) is -3.04. The van der Waals surface area contributed by atoms with Crippen LogP contribution in [-0.2, 0) is 14.6 Å². The third-order valence-corrected chi connectivity index (χ3v) is 8.50. The van der Waals surface area contributed by atoms with E-state index in [4.69, 9.17) is 0 Å². The number of thioether (sulfide) groups is 1. The summed E-state index contributed by atoms with van der Waals surface area (Å²) in [4.78, 5) is 15.1. The Hall–Kier alpha value is -1.87. The maximum Gasteiger partial charge on any atom is 0.233 e. The molecule has 1 aromatic carbocycles. The van der Waals surface area contributed by atoms with E-state index in [1.165, 1.54) is 11.8 Å². The van der Waals surface area contributed by atoms with Gasteiger partial charge in [0, 0.05) is 12.1 Å². The number of amides is 1. The molecular weight excluding hydrogens is 408 g/mol. The molecule has 1 aromatic heterocycles. The molecule has 1 amide bonds. The van der Waals surface area contributed by atoms with Crippen LogP contribution >= 0.6 is 11.8 Å². The number of para-hydroxylation sites is 1. The zero-order chi connectivity index (χ0) is 20.4. The maximum atomic E-state index is 13.2. The molecule has 2 fully saturated rings. The molecule has 1 aliphatic heterocycles. The average Bonchev–Trinajstić information content (AvgIpc) is 3.42. The summed E-state index contributed by atoms with van der Waals surface area (Å²) in [6, 6.07) is 7.94. The van der Waals surface area contributed by atoms with Crippen molar-refractivity contribution >= 4 is 27.5 Å². The molecule has 1 atom stereocenters. The number of rotatable bonds is 6. The van der Waals surface area contributed by atoms with Gasteiger partial charge in [-0.2, -0.15) is 0 Å². The lowest BCUT2D eigenvalue weighted by Crippen LogP contribution is -2.47. The minimum absolute atomic E-state index is 0.00309. The summed E-state index contributed by atoms with van der Waals surface area (Å²) in [6.45, 7) is 2.03. The fourth-order valence-electron chi connectivity index (χ4n) is 4.41. The van der Waals surface area contributed by atoms with Gasteiger partial charge in [0.2, 0.25) is 5.91 Å². The Bertz CT molecular complexity index is 983. The minimum Gasteiger partial charge on any atom is -0.335 e. The van der Waals surface area contributed by atoms with Crippen LogP contribution in [0.25, 0.3) is 5.69 Å². The summed E-state index contributed by atoms with van der Waals surface area (Å²) in [6.07, 6.45) is 6.34. The molecule has 0 N–H and O–H groups in total. The molecule has 0 spiro atoms. The van der Waals surface area contributed by atoms with Gasteiger partial charge in [0.1, 0.15) is 6.33 Å². The van der Waals surface area contributed by atoms with Crippen LogP contribution in [0.5, 0.6) is 0 Å². The lowest BCUT2D eigenvalue weighted by molar-refractivity contribution is -0.132. The second kappa shape index (κ2) is 8.47. The highest BCUT2D eigenvalue weighted by Gasteiger charge is 2.38. The van der Waals surface area contributed by atoms with Gasteiger partial charge in [-0.3, -0.25) is 9.36 Å². The molecule has 2 aliphatic rings. The fraction of sp³-hybridized carbons (Fsp3) is 0.550. The van der Waals surface area contributed by atoms with Crippen LogP contribution < -0.4 is 0 Å². The SMILES string of the molecule is Cc1ccccc1-n1cnnc1SCC(=O)N(C1CCCC1)[C@@H]1CCS(=O)(=O)C1. The van der Waals surface area contributed by atoms with Gasteiger partial charge in [-0.15, -0.1) is 10.2 Å². The van der Waals surface area contributed by atoms with E-state index >= 15 is 0 Å². The van der Waals surface area contributed by atoms with Gasteiger partial charge >= 0.3 is 0 Å². The van der Waals surface area contributed by atoms with Gasteiger partial charge in [-0.1, -0.05) is 42.8 Å². The van der Waals surface area contributed by atoms with E-state index in [0.29, 0.717) is 11.6 Å². The molecule has 0 radical (unpaired) electrons. The molecule has 2 aromatic rings. The fourth-order valence-corrected chi connectivity index (χ4v) is 6.91. The van der Waals surface area contributed by atoms with Crippen molar-refractivity contribution in [2.75, 3.05) is 17.3 Å². The first-order valence-corrected chi connectivity index (χ1v) is 12.9. The van der Waals surface area contributed by atoms with Crippen molar-refractivity contribution in [2.45, 2.75) is 56.3 Å². The molecule has 4 rings (SSSR count). The van der Waals surface area contributed by atoms with Gasteiger partial charge in [0.25, 0.3) is 0 Å². The smallest absolute Gasteiger partial charge is 0.233 e. The number of aryl methyl sites for hydroxylation is 1. The van der Waals surface area contributed by atoms with Gasteiger partial charge in [-0.05, 0) is 37.8 Å². The molecule has 7 nitrogen and oxygen atoms in total. The van der Waals surface area contributed by atoms with E-state index < -0.39 is 9.84 Å². The number of carbonyl (C=O) groups is 1. The highest BCUT2D eigenvalue weighted by molar-refractivity contribution is 7.99. The van der Waals surface area contributed by atoms with Crippen LogP contribution in [-0.4, -0.2) is 63.3 Å². The monoisotopic (exact) mass is 434 g/mol. The van der Waals surface area contributed by atoms with Crippen molar-refractivity contribution in [2.24, 2.45) is 0 Å². The third-order valence-electron chi connectivity index (χ3n) is 5.82. The first-order chi connectivity index (χ1) is 13.9. The summed E-state index contributed by atoms with van der Waals surface area (Å²) >= 11 is 1.36. The standard InChI is InChI=1S/C20H26N4O3S2/c1-15-6-2-5-9-18(15)23-14-21-22-20(23)28-12-19(25)24(16-7-3-4-8-16)17-10-11-29(26,27)13-17/h2,5-6,9,14,16-17H,3-4,7-8,10-13H2,1H3/t17-/m1/s1. The number of hydrogen-bond acceptors (Lipinski definition) is 6.